The Morgan fingerprint density at radius 2 is 1.76 bits per heavy atom. The van der Waals surface area contributed by atoms with Gasteiger partial charge in [-0.15, -0.1) is 0 Å². The molecule has 3 heteroatoms. The SMILES string of the molecule is NC1(N)C=CC(c2cccc3c2[nH]c2ccccc23)=CC1. The second-order valence-corrected chi connectivity index (χ2v) is 5.71. The number of fused-ring (bicyclic) bond motifs is 3. The first kappa shape index (κ1) is 12.4. The normalized spacial score (nSPS) is 17.3. The molecule has 0 amide bonds. The lowest BCUT2D eigenvalue weighted by molar-refractivity contribution is 0.559. The first-order valence-corrected chi connectivity index (χ1v) is 7.11. The molecular formula is C18H17N3. The smallest absolute Gasteiger partial charge is 0.0867 e. The van der Waals surface area contributed by atoms with Gasteiger partial charge in [-0.05, 0) is 17.7 Å². The van der Waals surface area contributed by atoms with E-state index in [2.05, 4.69) is 47.5 Å². The van der Waals surface area contributed by atoms with E-state index >= 15 is 0 Å². The molecule has 1 aliphatic rings. The summed E-state index contributed by atoms with van der Waals surface area (Å²) in [5.41, 5.74) is 15.8. The third-order valence-corrected chi connectivity index (χ3v) is 4.10. The van der Waals surface area contributed by atoms with Crippen molar-refractivity contribution >= 4 is 27.4 Å². The molecule has 3 nitrogen and oxygen atoms in total. The lowest BCUT2D eigenvalue weighted by Crippen LogP contribution is -2.47. The van der Waals surface area contributed by atoms with E-state index in [0.29, 0.717) is 6.42 Å². The van der Waals surface area contributed by atoms with Gasteiger partial charge in [0, 0.05) is 28.3 Å². The van der Waals surface area contributed by atoms with E-state index in [9.17, 15) is 0 Å². The number of nitrogens with two attached hydrogens (primary N) is 2. The lowest BCUT2D eigenvalue weighted by atomic mass is 9.93. The average Bonchev–Trinajstić information content (AvgIpc) is 2.86. The van der Waals surface area contributed by atoms with E-state index in [-0.39, 0.29) is 0 Å². The van der Waals surface area contributed by atoms with Gasteiger partial charge in [-0.3, -0.25) is 0 Å². The van der Waals surface area contributed by atoms with E-state index < -0.39 is 5.66 Å². The van der Waals surface area contributed by atoms with Crippen molar-refractivity contribution in [2.24, 2.45) is 11.5 Å². The summed E-state index contributed by atoms with van der Waals surface area (Å²) in [7, 11) is 0. The van der Waals surface area contributed by atoms with Crippen LogP contribution < -0.4 is 11.5 Å². The number of aromatic amines is 1. The number of hydrogen-bond acceptors (Lipinski definition) is 2. The molecule has 1 aliphatic carbocycles. The van der Waals surface area contributed by atoms with Gasteiger partial charge in [0.1, 0.15) is 0 Å². The molecule has 0 saturated heterocycles. The number of nitrogens with one attached hydrogen (secondary N) is 1. The zero-order valence-corrected chi connectivity index (χ0v) is 11.6. The zero-order valence-electron chi connectivity index (χ0n) is 11.6. The second kappa shape index (κ2) is 4.32. The van der Waals surface area contributed by atoms with E-state index in [1.165, 1.54) is 21.9 Å². The monoisotopic (exact) mass is 275 g/mol. The molecule has 2 aromatic carbocycles. The third-order valence-electron chi connectivity index (χ3n) is 4.10. The van der Waals surface area contributed by atoms with Crippen LogP contribution in [0.5, 0.6) is 0 Å². The van der Waals surface area contributed by atoms with Crippen molar-refractivity contribution in [1.29, 1.82) is 0 Å². The van der Waals surface area contributed by atoms with Crippen LogP contribution in [-0.2, 0) is 0 Å². The van der Waals surface area contributed by atoms with Crippen LogP contribution in [0.25, 0.3) is 27.4 Å². The molecule has 0 unspecified atom stereocenters. The minimum absolute atomic E-state index is 0.648. The van der Waals surface area contributed by atoms with Crippen molar-refractivity contribution < 1.29 is 0 Å². The Bertz CT molecular complexity index is 897. The second-order valence-electron chi connectivity index (χ2n) is 5.71. The van der Waals surface area contributed by atoms with Crippen molar-refractivity contribution in [1.82, 2.24) is 4.98 Å². The first-order chi connectivity index (χ1) is 10.1. The molecule has 1 aromatic heterocycles. The van der Waals surface area contributed by atoms with E-state index in [1.807, 2.05) is 18.2 Å². The maximum atomic E-state index is 5.93. The summed E-state index contributed by atoms with van der Waals surface area (Å²) in [5.74, 6) is 0. The Morgan fingerprint density at radius 1 is 0.952 bits per heavy atom. The molecular weight excluding hydrogens is 258 g/mol. The molecule has 4 rings (SSSR count). The van der Waals surface area contributed by atoms with Crippen LogP contribution >= 0.6 is 0 Å². The fourth-order valence-corrected chi connectivity index (χ4v) is 2.98. The van der Waals surface area contributed by atoms with Crippen LogP contribution in [0.3, 0.4) is 0 Å². The molecule has 0 aliphatic heterocycles. The molecule has 0 radical (unpaired) electrons. The molecule has 1 heterocycles. The predicted octanol–water partition coefficient (Wildman–Crippen LogP) is 3.28. The summed E-state index contributed by atoms with van der Waals surface area (Å²) in [4.78, 5) is 3.53. The summed E-state index contributed by atoms with van der Waals surface area (Å²) in [6.07, 6.45) is 6.66. The molecule has 0 atom stereocenters. The molecule has 0 bridgehead atoms. The number of hydrogen-bond donors (Lipinski definition) is 3. The zero-order chi connectivity index (χ0) is 14.4. The summed E-state index contributed by atoms with van der Waals surface area (Å²) >= 11 is 0. The maximum absolute atomic E-state index is 5.93. The Balaban J connectivity index is 1.94. The maximum Gasteiger partial charge on any atom is 0.0867 e. The highest BCUT2D eigenvalue weighted by atomic mass is 14.9. The van der Waals surface area contributed by atoms with Gasteiger partial charge in [0.05, 0.1) is 11.2 Å². The highest BCUT2D eigenvalue weighted by Crippen LogP contribution is 2.32. The van der Waals surface area contributed by atoms with Gasteiger partial charge >= 0.3 is 0 Å². The predicted molar refractivity (Wildman–Crippen MR) is 88.6 cm³/mol. The minimum atomic E-state index is -0.724. The highest BCUT2D eigenvalue weighted by molar-refractivity contribution is 6.10. The van der Waals surface area contributed by atoms with E-state index in [4.69, 9.17) is 11.5 Å². The van der Waals surface area contributed by atoms with Gasteiger partial charge in [-0.1, -0.05) is 48.6 Å². The molecule has 21 heavy (non-hydrogen) atoms. The van der Waals surface area contributed by atoms with Crippen molar-refractivity contribution in [3.8, 4) is 0 Å². The molecule has 104 valence electrons. The van der Waals surface area contributed by atoms with Crippen LogP contribution in [0, 0.1) is 0 Å². The first-order valence-electron chi connectivity index (χ1n) is 7.11. The molecule has 5 N–H and O–H groups in total. The van der Waals surface area contributed by atoms with Gasteiger partial charge in [0.15, 0.2) is 0 Å². The van der Waals surface area contributed by atoms with Crippen LogP contribution in [0.2, 0.25) is 0 Å². The minimum Gasteiger partial charge on any atom is -0.354 e. The number of allylic oxidation sites excluding steroid dienone is 2. The van der Waals surface area contributed by atoms with Gasteiger partial charge in [0.2, 0.25) is 0 Å². The van der Waals surface area contributed by atoms with Crippen LogP contribution in [0.15, 0.2) is 60.7 Å². The Kier molecular flexibility index (Phi) is 2.55. The third kappa shape index (κ3) is 1.98. The standard InChI is InChI=1S/C18H17N3/c19-18(20)10-8-12(9-11-18)13-5-3-6-15-14-4-1-2-7-16(14)21-17(13)15/h1-10,21H,11,19-20H2. The molecule has 0 fully saturated rings. The highest BCUT2D eigenvalue weighted by Gasteiger charge is 2.18. The molecule has 0 spiro atoms. The Morgan fingerprint density at radius 3 is 2.57 bits per heavy atom. The van der Waals surface area contributed by atoms with Crippen molar-refractivity contribution in [3.05, 3.63) is 66.3 Å². The van der Waals surface area contributed by atoms with E-state index in [1.54, 1.807) is 0 Å². The number of benzene rings is 2. The number of H-pyrrole nitrogens is 1. The van der Waals surface area contributed by atoms with Crippen molar-refractivity contribution in [3.63, 3.8) is 0 Å². The lowest BCUT2D eigenvalue weighted by Gasteiger charge is -2.22. The summed E-state index contributed by atoms with van der Waals surface area (Å²) in [5, 5.41) is 2.50. The van der Waals surface area contributed by atoms with Crippen molar-refractivity contribution in [2.75, 3.05) is 0 Å². The fraction of sp³-hybridized carbons (Fsp3) is 0.111. The van der Waals surface area contributed by atoms with Crippen LogP contribution in [0.4, 0.5) is 0 Å². The average molecular weight is 275 g/mol. The summed E-state index contributed by atoms with van der Waals surface area (Å²) in [6.45, 7) is 0. The number of para-hydroxylation sites is 2. The van der Waals surface area contributed by atoms with Gasteiger partial charge < -0.3 is 16.5 Å². The van der Waals surface area contributed by atoms with Gasteiger partial charge in [-0.25, -0.2) is 0 Å². The van der Waals surface area contributed by atoms with Crippen molar-refractivity contribution in [2.45, 2.75) is 12.1 Å². The molecule has 3 aromatic rings. The van der Waals surface area contributed by atoms with Gasteiger partial charge in [-0.2, -0.15) is 0 Å². The van der Waals surface area contributed by atoms with E-state index in [0.717, 1.165) is 11.0 Å². The van der Waals surface area contributed by atoms with Gasteiger partial charge in [0.25, 0.3) is 0 Å². The quantitative estimate of drug-likeness (QED) is 0.597. The Hall–Kier alpha value is -2.36. The topological polar surface area (TPSA) is 67.8 Å². The number of rotatable bonds is 1. The Labute approximate surface area is 122 Å². The fourth-order valence-electron chi connectivity index (χ4n) is 2.98. The van der Waals surface area contributed by atoms with Crippen LogP contribution in [0.1, 0.15) is 12.0 Å². The number of aromatic nitrogens is 1. The summed E-state index contributed by atoms with van der Waals surface area (Å²) in [6, 6.07) is 14.8. The summed E-state index contributed by atoms with van der Waals surface area (Å²) < 4.78 is 0. The van der Waals surface area contributed by atoms with Crippen LogP contribution in [-0.4, -0.2) is 10.6 Å². The molecule has 0 saturated carbocycles. The largest absolute Gasteiger partial charge is 0.354 e.